The molecule has 6 heteroatoms. The Morgan fingerprint density at radius 2 is 2.04 bits per heavy atom. The number of aromatic nitrogens is 2. The first-order valence-electron chi connectivity index (χ1n) is 8.76. The Balaban J connectivity index is 1.69. The SMILES string of the molecule is COc1cccc(C(NC(=O)CCSc2ccccc2)c2nccn2C)c1. The van der Waals surface area contributed by atoms with Gasteiger partial charge in [-0.3, -0.25) is 4.79 Å². The Morgan fingerprint density at radius 3 is 2.74 bits per heavy atom. The van der Waals surface area contributed by atoms with Crippen molar-refractivity contribution < 1.29 is 9.53 Å². The number of amides is 1. The second kappa shape index (κ2) is 9.28. The van der Waals surface area contributed by atoms with E-state index in [0.29, 0.717) is 6.42 Å². The van der Waals surface area contributed by atoms with Crippen LogP contribution >= 0.6 is 11.8 Å². The van der Waals surface area contributed by atoms with Gasteiger partial charge >= 0.3 is 0 Å². The number of ether oxygens (including phenoxy) is 1. The van der Waals surface area contributed by atoms with Gasteiger partial charge in [0.15, 0.2) is 0 Å². The zero-order valence-corrected chi connectivity index (χ0v) is 16.3. The summed E-state index contributed by atoms with van der Waals surface area (Å²) >= 11 is 1.68. The fourth-order valence-corrected chi connectivity index (χ4v) is 3.66. The summed E-state index contributed by atoms with van der Waals surface area (Å²) in [5, 5.41) is 3.12. The van der Waals surface area contributed by atoms with Gasteiger partial charge < -0.3 is 14.6 Å². The molecule has 1 N–H and O–H groups in total. The molecule has 1 amide bonds. The van der Waals surface area contributed by atoms with Gasteiger partial charge in [0.2, 0.25) is 5.91 Å². The Morgan fingerprint density at radius 1 is 1.22 bits per heavy atom. The number of rotatable bonds is 8. The second-order valence-corrected chi connectivity index (χ2v) is 7.25. The molecule has 27 heavy (non-hydrogen) atoms. The molecule has 0 aliphatic heterocycles. The number of nitrogens with one attached hydrogen (secondary N) is 1. The normalized spacial score (nSPS) is 11.8. The topological polar surface area (TPSA) is 56.1 Å². The minimum Gasteiger partial charge on any atom is -0.497 e. The van der Waals surface area contributed by atoms with Gasteiger partial charge in [0.05, 0.1) is 7.11 Å². The Bertz CT molecular complexity index is 880. The lowest BCUT2D eigenvalue weighted by molar-refractivity contribution is -0.121. The van der Waals surface area contributed by atoms with Crippen LogP contribution in [-0.2, 0) is 11.8 Å². The fraction of sp³-hybridized carbons (Fsp3) is 0.238. The number of hydrogen-bond acceptors (Lipinski definition) is 4. The van der Waals surface area contributed by atoms with Crippen molar-refractivity contribution in [1.29, 1.82) is 0 Å². The van der Waals surface area contributed by atoms with Crippen LogP contribution < -0.4 is 10.1 Å². The molecule has 0 radical (unpaired) electrons. The lowest BCUT2D eigenvalue weighted by Gasteiger charge is -2.19. The summed E-state index contributed by atoms with van der Waals surface area (Å²) in [6, 6.07) is 17.5. The van der Waals surface area contributed by atoms with Crippen LogP contribution in [0.1, 0.15) is 23.9 Å². The van der Waals surface area contributed by atoms with Crippen LogP contribution in [0.4, 0.5) is 0 Å². The molecular weight excluding hydrogens is 358 g/mol. The van der Waals surface area contributed by atoms with Crippen molar-refractivity contribution in [1.82, 2.24) is 14.9 Å². The van der Waals surface area contributed by atoms with Gasteiger partial charge in [0, 0.05) is 36.5 Å². The average molecular weight is 382 g/mol. The van der Waals surface area contributed by atoms with Crippen LogP contribution in [0, 0.1) is 0 Å². The molecule has 3 aromatic rings. The van der Waals surface area contributed by atoms with Gasteiger partial charge in [0.1, 0.15) is 17.6 Å². The molecule has 3 rings (SSSR count). The highest BCUT2D eigenvalue weighted by Gasteiger charge is 2.21. The van der Waals surface area contributed by atoms with Gasteiger partial charge in [-0.15, -0.1) is 11.8 Å². The zero-order valence-electron chi connectivity index (χ0n) is 15.5. The molecule has 1 aromatic heterocycles. The predicted octanol–water partition coefficient (Wildman–Crippen LogP) is 3.82. The molecule has 0 spiro atoms. The first kappa shape index (κ1) is 19.0. The third-order valence-corrected chi connectivity index (χ3v) is 5.20. The predicted molar refractivity (Wildman–Crippen MR) is 108 cm³/mol. The van der Waals surface area contributed by atoms with E-state index >= 15 is 0 Å². The van der Waals surface area contributed by atoms with E-state index < -0.39 is 0 Å². The maximum atomic E-state index is 12.6. The highest BCUT2D eigenvalue weighted by Crippen LogP contribution is 2.24. The average Bonchev–Trinajstić information content (AvgIpc) is 3.12. The molecular formula is C21H23N3O2S. The number of hydrogen-bond donors (Lipinski definition) is 1. The van der Waals surface area contributed by atoms with Crippen LogP contribution in [-0.4, -0.2) is 28.3 Å². The lowest BCUT2D eigenvalue weighted by Crippen LogP contribution is -2.31. The summed E-state index contributed by atoms with van der Waals surface area (Å²) in [5.74, 6) is 2.25. The van der Waals surface area contributed by atoms with Crippen molar-refractivity contribution in [3.63, 3.8) is 0 Å². The summed E-state index contributed by atoms with van der Waals surface area (Å²) in [7, 11) is 3.56. The fourth-order valence-electron chi connectivity index (χ4n) is 2.78. The van der Waals surface area contributed by atoms with Crippen LogP contribution in [0.2, 0.25) is 0 Å². The molecule has 1 unspecified atom stereocenters. The Kier molecular flexibility index (Phi) is 6.54. The van der Waals surface area contributed by atoms with Gasteiger partial charge in [-0.05, 0) is 29.8 Å². The number of benzene rings is 2. The zero-order chi connectivity index (χ0) is 19.1. The molecule has 0 bridgehead atoms. The summed E-state index contributed by atoms with van der Waals surface area (Å²) in [6.45, 7) is 0. The van der Waals surface area contributed by atoms with Crippen molar-refractivity contribution in [3.8, 4) is 5.75 Å². The van der Waals surface area contributed by atoms with Crippen LogP contribution in [0.15, 0.2) is 71.9 Å². The highest BCUT2D eigenvalue weighted by atomic mass is 32.2. The standard InChI is InChI=1S/C21H23N3O2S/c1-24-13-12-22-21(24)20(16-7-6-8-17(15-16)26-2)23-19(25)11-14-27-18-9-4-3-5-10-18/h3-10,12-13,15,20H,11,14H2,1-2H3,(H,23,25). The van der Waals surface area contributed by atoms with Crippen molar-refractivity contribution in [3.05, 3.63) is 78.4 Å². The molecule has 0 saturated carbocycles. The molecule has 1 heterocycles. The summed E-state index contributed by atoms with van der Waals surface area (Å²) in [5.41, 5.74) is 0.938. The third-order valence-electron chi connectivity index (χ3n) is 4.19. The summed E-state index contributed by atoms with van der Waals surface area (Å²) in [4.78, 5) is 18.2. The Hall–Kier alpha value is -2.73. The number of nitrogens with zero attached hydrogens (tertiary/aromatic N) is 2. The number of methoxy groups -OCH3 is 1. The second-order valence-electron chi connectivity index (χ2n) is 6.09. The number of imidazole rings is 1. The molecule has 2 aromatic carbocycles. The van der Waals surface area contributed by atoms with E-state index in [2.05, 4.69) is 22.4 Å². The summed E-state index contributed by atoms with van der Waals surface area (Å²) < 4.78 is 7.25. The van der Waals surface area contributed by atoms with Gasteiger partial charge in [-0.25, -0.2) is 4.98 Å². The molecule has 140 valence electrons. The van der Waals surface area contributed by atoms with E-state index in [4.69, 9.17) is 4.74 Å². The van der Waals surface area contributed by atoms with Crippen molar-refractivity contribution in [2.24, 2.45) is 7.05 Å². The van der Waals surface area contributed by atoms with Crippen molar-refractivity contribution in [2.45, 2.75) is 17.4 Å². The van der Waals surface area contributed by atoms with Crippen molar-refractivity contribution in [2.75, 3.05) is 12.9 Å². The smallest absolute Gasteiger partial charge is 0.221 e. The first-order valence-corrected chi connectivity index (χ1v) is 9.74. The molecule has 5 nitrogen and oxygen atoms in total. The number of thioether (sulfide) groups is 1. The number of aryl methyl sites for hydroxylation is 1. The monoisotopic (exact) mass is 381 g/mol. The molecule has 0 aliphatic rings. The Labute approximate surface area is 163 Å². The lowest BCUT2D eigenvalue weighted by atomic mass is 10.1. The maximum Gasteiger partial charge on any atom is 0.221 e. The quantitative estimate of drug-likeness (QED) is 0.603. The van der Waals surface area contributed by atoms with E-state index in [1.54, 1.807) is 25.1 Å². The van der Waals surface area contributed by atoms with Gasteiger partial charge in [-0.2, -0.15) is 0 Å². The highest BCUT2D eigenvalue weighted by molar-refractivity contribution is 7.99. The van der Waals surface area contributed by atoms with E-state index in [9.17, 15) is 4.79 Å². The minimum atomic E-state index is -0.325. The van der Waals surface area contributed by atoms with E-state index in [1.807, 2.05) is 60.3 Å². The van der Waals surface area contributed by atoms with E-state index in [0.717, 1.165) is 22.9 Å². The van der Waals surface area contributed by atoms with E-state index in [1.165, 1.54) is 4.90 Å². The minimum absolute atomic E-state index is 0.00532. The molecule has 1 atom stereocenters. The molecule has 0 fully saturated rings. The number of carbonyl (C=O) groups excluding carboxylic acids is 1. The first-order chi connectivity index (χ1) is 13.2. The van der Waals surface area contributed by atoms with Gasteiger partial charge in [-0.1, -0.05) is 30.3 Å². The molecule has 0 aliphatic carbocycles. The third kappa shape index (κ3) is 5.14. The largest absolute Gasteiger partial charge is 0.497 e. The van der Waals surface area contributed by atoms with Crippen LogP contribution in [0.25, 0.3) is 0 Å². The van der Waals surface area contributed by atoms with Crippen molar-refractivity contribution >= 4 is 17.7 Å². The summed E-state index contributed by atoms with van der Waals surface area (Å²) in [6.07, 6.45) is 4.05. The van der Waals surface area contributed by atoms with E-state index in [-0.39, 0.29) is 11.9 Å². The van der Waals surface area contributed by atoms with Crippen LogP contribution in [0.5, 0.6) is 5.75 Å². The van der Waals surface area contributed by atoms with Crippen LogP contribution in [0.3, 0.4) is 0 Å². The number of carbonyl (C=O) groups is 1. The maximum absolute atomic E-state index is 12.6. The molecule has 0 saturated heterocycles. The van der Waals surface area contributed by atoms with Gasteiger partial charge in [0.25, 0.3) is 0 Å².